The molecule has 0 saturated carbocycles. The van der Waals surface area contributed by atoms with Crippen molar-refractivity contribution in [3.05, 3.63) is 0 Å². The minimum absolute atomic E-state index is 0.0302. The van der Waals surface area contributed by atoms with Crippen LogP contribution in [0.5, 0.6) is 0 Å². The molecule has 0 aromatic carbocycles. The van der Waals surface area contributed by atoms with Crippen LogP contribution < -0.4 is 0 Å². The van der Waals surface area contributed by atoms with Crippen LogP contribution in [0.3, 0.4) is 0 Å². The number of thioether (sulfide) groups is 1. The highest BCUT2D eigenvalue weighted by Crippen LogP contribution is 2.40. The van der Waals surface area contributed by atoms with Crippen molar-refractivity contribution in [3.8, 4) is 0 Å². The third-order valence-electron chi connectivity index (χ3n) is 1.29. The van der Waals surface area contributed by atoms with Crippen molar-refractivity contribution in [2.75, 3.05) is 12.3 Å². The molecule has 1 fully saturated rings. The van der Waals surface area contributed by atoms with Crippen LogP contribution in [-0.2, 0) is 9.19 Å². The van der Waals surface area contributed by atoms with Crippen LogP contribution in [0.2, 0.25) is 0 Å². The third-order valence-corrected chi connectivity index (χ3v) is 2.85. The molecule has 0 aliphatic carbocycles. The summed E-state index contributed by atoms with van der Waals surface area (Å²) in [6.07, 6.45) is 0. The Hall–Kier alpha value is 0.420. The van der Waals surface area contributed by atoms with Gasteiger partial charge in [-0.25, -0.2) is 4.57 Å². The number of nitrogens with zero attached hydrogens (tertiary/aromatic N) is 1. The van der Waals surface area contributed by atoms with Crippen LogP contribution in [0.4, 0.5) is 0 Å². The fraction of sp³-hybridized carbons (Fsp3) is 1.00. The molecule has 0 spiro atoms. The van der Waals surface area contributed by atoms with Gasteiger partial charge in [0.15, 0.2) is 0 Å². The van der Waals surface area contributed by atoms with Gasteiger partial charge in [-0.2, -0.15) is 9.69 Å². The molecule has 1 unspecified atom stereocenters. The molecule has 5 nitrogen and oxygen atoms in total. The van der Waals surface area contributed by atoms with Gasteiger partial charge in [-0.05, 0) is 6.92 Å². The molecule has 1 aliphatic heterocycles. The van der Waals surface area contributed by atoms with Gasteiger partial charge in [0.05, 0.1) is 5.37 Å². The Morgan fingerprint density at radius 3 is 2.73 bits per heavy atom. The molecule has 7 heteroatoms. The Morgan fingerprint density at radius 2 is 2.36 bits per heavy atom. The first-order chi connectivity index (χ1) is 4.99. The summed E-state index contributed by atoms with van der Waals surface area (Å²) in [6, 6.07) is 0. The van der Waals surface area contributed by atoms with E-state index in [0.29, 0.717) is 6.54 Å². The molecule has 1 saturated heterocycles. The van der Waals surface area contributed by atoms with Crippen LogP contribution in [0, 0.1) is 0 Å². The second-order valence-corrected chi connectivity index (χ2v) is 4.75. The Morgan fingerprint density at radius 1 is 1.73 bits per heavy atom. The van der Waals surface area contributed by atoms with E-state index >= 15 is 0 Å². The zero-order valence-corrected chi connectivity index (χ0v) is 7.72. The summed E-state index contributed by atoms with van der Waals surface area (Å²) in [4.78, 5) is 16.9. The molecule has 0 radical (unpaired) electrons. The number of hydroxylamine groups is 2. The van der Waals surface area contributed by atoms with Crippen LogP contribution in [0.25, 0.3) is 0 Å². The van der Waals surface area contributed by atoms with E-state index in [0.717, 1.165) is 5.75 Å². The predicted molar refractivity (Wildman–Crippen MR) is 41.8 cm³/mol. The lowest BCUT2D eigenvalue weighted by molar-refractivity contribution is -0.0755. The van der Waals surface area contributed by atoms with E-state index in [1.54, 1.807) is 11.8 Å². The van der Waals surface area contributed by atoms with Gasteiger partial charge in [0.2, 0.25) is 0 Å². The Bertz CT molecular complexity index is 183. The number of phosphoric acid groups is 1. The average molecular weight is 199 g/mol. The molecule has 1 atom stereocenters. The van der Waals surface area contributed by atoms with Crippen molar-refractivity contribution >= 4 is 19.6 Å². The number of rotatable bonds is 2. The van der Waals surface area contributed by atoms with Crippen molar-refractivity contribution < 1.29 is 19.0 Å². The van der Waals surface area contributed by atoms with Gasteiger partial charge in [-0.3, -0.25) is 0 Å². The lowest BCUT2D eigenvalue weighted by Gasteiger charge is -2.18. The third kappa shape index (κ3) is 3.11. The summed E-state index contributed by atoms with van der Waals surface area (Å²) in [5.74, 6) is 0.848. The summed E-state index contributed by atoms with van der Waals surface area (Å²) in [6.45, 7) is 2.41. The minimum Gasteiger partial charge on any atom is -0.302 e. The topological polar surface area (TPSA) is 70.0 Å². The number of hydrogen-bond donors (Lipinski definition) is 2. The highest BCUT2D eigenvalue weighted by atomic mass is 32.2. The van der Waals surface area contributed by atoms with E-state index in [2.05, 4.69) is 4.62 Å². The smallest absolute Gasteiger partial charge is 0.302 e. The highest BCUT2D eigenvalue weighted by Gasteiger charge is 2.28. The quantitative estimate of drug-likeness (QED) is 0.627. The molecule has 11 heavy (non-hydrogen) atoms. The van der Waals surface area contributed by atoms with E-state index in [4.69, 9.17) is 9.79 Å². The fourth-order valence-corrected chi connectivity index (χ4v) is 2.32. The maximum Gasteiger partial charge on any atom is 0.486 e. The second kappa shape index (κ2) is 3.43. The van der Waals surface area contributed by atoms with Gasteiger partial charge < -0.3 is 9.79 Å². The van der Waals surface area contributed by atoms with Crippen molar-refractivity contribution in [1.29, 1.82) is 0 Å². The SMILES string of the molecule is CC1SCCN1OP(=O)(O)O. The molecule has 1 rings (SSSR count). The predicted octanol–water partition coefficient (Wildman–Crippen LogP) is 0.405. The second-order valence-electron chi connectivity index (χ2n) is 2.18. The maximum absolute atomic E-state index is 10.4. The van der Waals surface area contributed by atoms with Gasteiger partial charge in [0.1, 0.15) is 0 Å². The van der Waals surface area contributed by atoms with Gasteiger partial charge in [0.25, 0.3) is 0 Å². The van der Waals surface area contributed by atoms with E-state index in [9.17, 15) is 4.57 Å². The summed E-state index contributed by atoms with van der Waals surface area (Å²) >= 11 is 1.60. The van der Waals surface area contributed by atoms with E-state index in [1.165, 1.54) is 5.06 Å². The summed E-state index contributed by atoms with van der Waals surface area (Å²) < 4.78 is 14.7. The Kier molecular flexibility index (Phi) is 2.96. The van der Waals surface area contributed by atoms with Crippen LogP contribution in [0.15, 0.2) is 0 Å². The molecule has 1 heterocycles. The molecular weight excluding hydrogens is 189 g/mol. The lowest BCUT2D eigenvalue weighted by Crippen LogP contribution is -2.24. The summed E-state index contributed by atoms with van der Waals surface area (Å²) in [5.41, 5.74) is 0. The van der Waals surface area contributed by atoms with Crippen molar-refractivity contribution in [2.24, 2.45) is 0 Å². The standard InChI is InChI=1S/C4H10NO4PS/c1-4-5(2-3-11-4)9-10(6,7)8/h4H,2-3H2,1H3,(H2,6,7,8). The fourth-order valence-electron chi connectivity index (χ4n) is 0.822. The van der Waals surface area contributed by atoms with Gasteiger partial charge in [-0.15, -0.1) is 11.8 Å². The highest BCUT2D eigenvalue weighted by molar-refractivity contribution is 8.00. The normalized spacial score (nSPS) is 27.7. The molecular formula is C4H10NO4PS. The zero-order valence-electron chi connectivity index (χ0n) is 6.01. The van der Waals surface area contributed by atoms with Crippen molar-refractivity contribution in [1.82, 2.24) is 5.06 Å². The first kappa shape index (κ1) is 9.51. The molecule has 0 bridgehead atoms. The van der Waals surface area contributed by atoms with E-state index in [-0.39, 0.29) is 5.37 Å². The van der Waals surface area contributed by atoms with Crippen LogP contribution in [0.1, 0.15) is 6.92 Å². The molecule has 1 aliphatic rings. The first-order valence-electron chi connectivity index (χ1n) is 3.12. The first-order valence-corrected chi connectivity index (χ1v) is 5.70. The Labute approximate surface area is 68.9 Å². The molecule has 0 amide bonds. The molecule has 2 N–H and O–H groups in total. The Balaban J connectivity index is 2.43. The van der Waals surface area contributed by atoms with Crippen LogP contribution >= 0.6 is 19.6 Å². The maximum atomic E-state index is 10.4. The molecule has 66 valence electrons. The van der Waals surface area contributed by atoms with Gasteiger partial charge >= 0.3 is 7.82 Å². The largest absolute Gasteiger partial charge is 0.486 e. The van der Waals surface area contributed by atoms with Crippen molar-refractivity contribution in [2.45, 2.75) is 12.3 Å². The van der Waals surface area contributed by atoms with E-state index in [1.807, 2.05) is 6.92 Å². The number of hydrogen-bond acceptors (Lipinski definition) is 4. The van der Waals surface area contributed by atoms with Crippen LogP contribution in [-0.4, -0.2) is 32.5 Å². The monoisotopic (exact) mass is 199 g/mol. The van der Waals surface area contributed by atoms with E-state index < -0.39 is 7.82 Å². The van der Waals surface area contributed by atoms with Crippen molar-refractivity contribution in [3.63, 3.8) is 0 Å². The summed E-state index contributed by atoms with van der Waals surface area (Å²) in [7, 11) is -4.34. The average Bonchev–Trinajstić information content (AvgIpc) is 2.12. The zero-order chi connectivity index (χ0) is 8.48. The molecule has 0 aromatic rings. The summed E-state index contributed by atoms with van der Waals surface area (Å²) in [5, 5.41) is 1.34. The molecule has 0 aromatic heterocycles. The minimum atomic E-state index is -4.34. The van der Waals surface area contributed by atoms with Gasteiger partial charge in [-0.1, -0.05) is 0 Å². The lowest BCUT2D eigenvalue weighted by atomic mass is 10.6. The van der Waals surface area contributed by atoms with Gasteiger partial charge in [0, 0.05) is 12.3 Å².